The first-order valence-corrected chi connectivity index (χ1v) is 6.57. The van der Waals surface area contributed by atoms with Crippen LogP contribution in [0.3, 0.4) is 0 Å². The molecule has 0 radical (unpaired) electrons. The van der Waals surface area contributed by atoms with Crippen molar-refractivity contribution < 1.29 is 9.90 Å². The topological polar surface area (TPSA) is 82.7 Å². The molecule has 0 spiro atoms. The Bertz CT molecular complexity index is 461. The Hall–Kier alpha value is -1.53. The molecule has 0 bridgehead atoms. The SMILES string of the molecule is NCCc1cnc(N2CCN(C(=O)O)CC2)c(Cl)c1. The number of nitrogens with zero attached hydrogens (tertiary/aromatic N) is 3. The first kappa shape index (κ1) is 13.9. The second-order valence-electron chi connectivity index (χ2n) is 4.44. The fraction of sp³-hybridized carbons (Fsp3) is 0.500. The molecule has 0 aromatic carbocycles. The Morgan fingerprint density at radius 1 is 1.42 bits per heavy atom. The lowest BCUT2D eigenvalue weighted by molar-refractivity contribution is 0.142. The number of nitrogens with two attached hydrogens (primary N) is 1. The van der Waals surface area contributed by atoms with Gasteiger partial charge in [-0.25, -0.2) is 9.78 Å². The summed E-state index contributed by atoms with van der Waals surface area (Å²) in [5.74, 6) is 0.715. The third-order valence-electron chi connectivity index (χ3n) is 3.16. The highest BCUT2D eigenvalue weighted by Crippen LogP contribution is 2.25. The number of anilines is 1. The smallest absolute Gasteiger partial charge is 0.407 e. The van der Waals surface area contributed by atoms with Crippen LogP contribution in [0.4, 0.5) is 10.6 Å². The minimum absolute atomic E-state index is 0.470. The first-order chi connectivity index (χ1) is 9.11. The summed E-state index contributed by atoms with van der Waals surface area (Å²) in [5, 5.41) is 9.49. The Balaban J connectivity index is 2.05. The molecule has 2 heterocycles. The summed E-state index contributed by atoms with van der Waals surface area (Å²) in [6, 6.07) is 1.88. The summed E-state index contributed by atoms with van der Waals surface area (Å²) >= 11 is 6.22. The van der Waals surface area contributed by atoms with Crippen molar-refractivity contribution in [2.75, 3.05) is 37.6 Å². The van der Waals surface area contributed by atoms with Crippen molar-refractivity contribution in [3.8, 4) is 0 Å². The number of rotatable bonds is 3. The van der Waals surface area contributed by atoms with Crippen LogP contribution in [0.25, 0.3) is 0 Å². The van der Waals surface area contributed by atoms with Gasteiger partial charge in [0, 0.05) is 32.4 Å². The van der Waals surface area contributed by atoms with Gasteiger partial charge in [0.2, 0.25) is 0 Å². The fourth-order valence-electron chi connectivity index (χ4n) is 2.12. The van der Waals surface area contributed by atoms with E-state index in [2.05, 4.69) is 4.98 Å². The number of carboxylic acid groups (broad SMARTS) is 1. The van der Waals surface area contributed by atoms with E-state index in [1.165, 1.54) is 4.90 Å². The maximum atomic E-state index is 10.8. The van der Waals surface area contributed by atoms with Gasteiger partial charge in [0.15, 0.2) is 0 Å². The van der Waals surface area contributed by atoms with Crippen LogP contribution in [0.2, 0.25) is 5.02 Å². The molecule has 6 nitrogen and oxygen atoms in total. The predicted octanol–water partition coefficient (Wildman–Crippen LogP) is 1.04. The predicted molar refractivity (Wildman–Crippen MR) is 73.8 cm³/mol. The van der Waals surface area contributed by atoms with Crippen LogP contribution < -0.4 is 10.6 Å². The summed E-state index contributed by atoms with van der Waals surface area (Å²) in [5.41, 5.74) is 6.51. The van der Waals surface area contributed by atoms with Crippen LogP contribution >= 0.6 is 11.6 Å². The molecule has 0 aliphatic carbocycles. The van der Waals surface area contributed by atoms with Gasteiger partial charge in [-0.05, 0) is 24.6 Å². The molecule has 7 heteroatoms. The summed E-state index contributed by atoms with van der Waals surface area (Å²) in [6.07, 6.45) is 1.65. The molecule has 1 fully saturated rings. The van der Waals surface area contributed by atoms with E-state index < -0.39 is 6.09 Å². The fourth-order valence-corrected chi connectivity index (χ4v) is 2.42. The molecule has 1 aliphatic rings. The highest BCUT2D eigenvalue weighted by molar-refractivity contribution is 6.33. The van der Waals surface area contributed by atoms with Crippen molar-refractivity contribution >= 4 is 23.5 Å². The van der Waals surface area contributed by atoms with Gasteiger partial charge < -0.3 is 20.6 Å². The van der Waals surface area contributed by atoms with Gasteiger partial charge in [0.25, 0.3) is 0 Å². The monoisotopic (exact) mass is 284 g/mol. The third kappa shape index (κ3) is 3.27. The van der Waals surface area contributed by atoms with Crippen LogP contribution in [0.15, 0.2) is 12.3 Å². The second kappa shape index (κ2) is 6.08. The number of amides is 1. The highest BCUT2D eigenvalue weighted by atomic mass is 35.5. The number of piperazine rings is 1. The molecule has 0 atom stereocenters. The maximum Gasteiger partial charge on any atom is 0.407 e. The minimum Gasteiger partial charge on any atom is -0.465 e. The van der Waals surface area contributed by atoms with E-state index in [-0.39, 0.29) is 0 Å². The van der Waals surface area contributed by atoms with Gasteiger partial charge in [0.05, 0.1) is 5.02 Å². The second-order valence-corrected chi connectivity index (χ2v) is 4.85. The van der Waals surface area contributed by atoms with E-state index in [1.807, 2.05) is 11.0 Å². The molecule has 1 saturated heterocycles. The van der Waals surface area contributed by atoms with Crippen molar-refractivity contribution in [1.29, 1.82) is 0 Å². The van der Waals surface area contributed by atoms with E-state index in [9.17, 15) is 4.79 Å². The van der Waals surface area contributed by atoms with E-state index >= 15 is 0 Å². The lowest BCUT2D eigenvalue weighted by atomic mass is 10.2. The zero-order valence-corrected chi connectivity index (χ0v) is 11.3. The molecule has 1 amide bonds. The Labute approximate surface area is 116 Å². The number of halogens is 1. The molecule has 19 heavy (non-hydrogen) atoms. The van der Waals surface area contributed by atoms with Gasteiger partial charge in [-0.3, -0.25) is 0 Å². The molecular formula is C12H17ClN4O2. The Morgan fingerprint density at radius 2 is 2.11 bits per heavy atom. The van der Waals surface area contributed by atoms with Crippen LogP contribution in [0.1, 0.15) is 5.56 Å². The van der Waals surface area contributed by atoms with Crippen LogP contribution in [0, 0.1) is 0 Å². The first-order valence-electron chi connectivity index (χ1n) is 6.19. The van der Waals surface area contributed by atoms with Gasteiger partial charge in [-0.1, -0.05) is 11.6 Å². The molecule has 0 saturated carbocycles. The molecule has 1 aromatic rings. The highest BCUT2D eigenvalue weighted by Gasteiger charge is 2.22. The van der Waals surface area contributed by atoms with Gasteiger partial charge in [-0.2, -0.15) is 0 Å². The van der Waals surface area contributed by atoms with E-state index in [4.69, 9.17) is 22.4 Å². The van der Waals surface area contributed by atoms with E-state index in [1.54, 1.807) is 6.20 Å². The van der Waals surface area contributed by atoms with E-state index in [0.29, 0.717) is 43.6 Å². The lowest BCUT2D eigenvalue weighted by Gasteiger charge is -2.34. The number of pyridine rings is 1. The van der Waals surface area contributed by atoms with Crippen molar-refractivity contribution in [2.24, 2.45) is 5.73 Å². The number of carbonyl (C=O) groups is 1. The Morgan fingerprint density at radius 3 is 2.63 bits per heavy atom. The van der Waals surface area contributed by atoms with Crippen molar-refractivity contribution in [3.05, 3.63) is 22.8 Å². The number of aromatic nitrogens is 1. The number of hydrogen-bond acceptors (Lipinski definition) is 4. The molecule has 1 aromatic heterocycles. The molecule has 0 unspecified atom stereocenters. The summed E-state index contributed by atoms with van der Waals surface area (Å²) < 4.78 is 0. The van der Waals surface area contributed by atoms with Gasteiger partial charge in [-0.15, -0.1) is 0 Å². The average Bonchev–Trinajstić information content (AvgIpc) is 2.39. The van der Waals surface area contributed by atoms with Crippen LogP contribution in [-0.4, -0.2) is 53.8 Å². The van der Waals surface area contributed by atoms with E-state index in [0.717, 1.165) is 12.0 Å². The van der Waals surface area contributed by atoms with Crippen molar-refractivity contribution in [2.45, 2.75) is 6.42 Å². The molecule has 1 aliphatic heterocycles. The largest absolute Gasteiger partial charge is 0.465 e. The quantitative estimate of drug-likeness (QED) is 0.866. The zero-order chi connectivity index (χ0) is 13.8. The molecule has 104 valence electrons. The van der Waals surface area contributed by atoms with Crippen LogP contribution in [-0.2, 0) is 6.42 Å². The standard InChI is InChI=1S/C12H17ClN4O2/c13-10-7-9(1-2-14)8-15-11(10)16-3-5-17(6-4-16)12(18)19/h7-8H,1-6,14H2,(H,18,19). The average molecular weight is 285 g/mol. The van der Waals surface area contributed by atoms with Crippen molar-refractivity contribution in [3.63, 3.8) is 0 Å². The van der Waals surface area contributed by atoms with Crippen LogP contribution in [0.5, 0.6) is 0 Å². The summed E-state index contributed by atoms with van der Waals surface area (Å²) in [4.78, 5) is 18.6. The van der Waals surface area contributed by atoms with Gasteiger partial charge >= 0.3 is 6.09 Å². The molecule has 3 N–H and O–H groups in total. The lowest BCUT2D eigenvalue weighted by Crippen LogP contribution is -2.48. The Kier molecular flexibility index (Phi) is 4.44. The number of hydrogen-bond donors (Lipinski definition) is 2. The minimum atomic E-state index is -0.878. The normalized spacial score (nSPS) is 15.7. The molecule has 2 rings (SSSR count). The summed E-state index contributed by atoms with van der Waals surface area (Å²) in [7, 11) is 0. The molecular weight excluding hydrogens is 268 g/mol. The zero-order valence-electron chi connectivity index (χ0n) is 10.5. The third-order valence-corrected chi connectivity index (χ3v) is 3.44. The maximum absolute atomic E-state index is 10.8. The summed E-state index contributed by atoms with van der Waals surface area (Å²) in [6.45, 7) is 2.72. The van der Waals surface area contributed by atoms with Gasteiger partial charge in [0.1, 0.15) is 5.82 Å². The van der Waals surface area contributed by atoms with Crippen molar-refractivity contribution in [1.82, 2.24) is 9.88 Å².